The number of nitrogen functional groups attached to an aromatic ring is 1. The summed E-state index contributed by atoms with van der Waals surface area (Å²) in [6.07, 6.45) is 3.59. The first kappa shape index (κ1) is 13.9. The van der Waals surface area contributed by atoms with E-state index in [1.165, 1.54) is 11.1 Å². The van der Waals surface area contributed by atoms with Crippen molar-refractivity contribution in [2.75, 3.05) is 11.1 Å². The molecule has 21 heavy (non-hydrogen) atoms. The number of hydrogen-bond donors (Lipinski definition) is 2. The van der Waals surface area contributed by atoms with Crippen molar-refractivity contribution in [3.63, 3.8) is 0 Å². The number of nitrogens with one attached hydrogen (secondary N) is 1. The van der Waals surface area contributed by atoms with Gasteiger partial charge in [-0.3, -0.25) is 4.98 Å². The van der Waals surface area contributed by atoms with E-state index in [1.807, 2.05) is 18.2 Å². The van der Waals surface area contributed by atoms with Gasteiger partial charge in [0.1, 0.15) is 0 Å². The van der Waals surface area contributed by atoms with Crippen LogP contribution in [0.2, 0.25) is 0 Å². The summed E-state index contributed by atoms with van der Waals surface area (Å²) >= 11 is 3.53. The predicted molar refractivity (Wildman–Crippen MR) is 93.1 cm³/mol. The number of nitrogens with two attached hydrogens (primary N) is 1. The molecule has 0 saturated carbocycles. The van der Waals surface area contributed by atoms with Crippen LogP contribution in [-0.4, -0.2) is 4.98 Å². The summed E-state index contributed by atoms with van der Waals surface area (Å²) in [7, 11) is 0. The van der Waals surface area contributed by atoms with E-state index in [2.05, 4.69) is 52.2 Å². The molecule has 0 aliphatic rings. The number of halogens is 1. The molecule has 0 unspecified atom stereocenters. The summed E-state index contributed by atoms with van der Waals surface area (Å²) in [6, 6.07) is 10.1. The molecular weight excluding hydrogens is 326 g/mol. The van der Waals surface area contributed by atoms with Crippen molar-refractivity contribution in [3.8, 4) is 0 Å². The van der Waals surface area contributed by atoms with Gasteiger partial charge in [0.2, 0.25) is 0 Å². The Morgan fingerprint density at radius 3 is 2.48 bits per heavy atom. The van der Waals surface area contributed by atoms with Crippen molar-refractivity contribution >= 4 is 43.8 Å². The first-order chi connectivity index (χ1) is 10.1. The standard InChI is InChI=1S/C17H16BrN3/c1-10-7-12(18)8-11(2)17(10)21-16-4-3-15(19)14-9-20-6-5-13(14)16/h3-9,21H,19H2,1-2H3. The Balaban J connectivity index is 2.13. The molecule has 3 N–H and O–H groups in total. The summed E-state index contributed by atoms with van der Waals surface area (Å²) in [6.45, 7) is 4.20. The highest BCUT2D eigenvalue weighted by Gasteiger charge is 2.08. The van der Waals surface area contributed by atoms with Gasteiger partial charge in [-0.25, -0.2) is 0 Å². The number of anilines is 3. The van der Waals surface area contributed by atoms with Crippen LogP contribution in [0.3, 0.4) is 0 Å². The highest BCUT2D eigenvalue weighted by Crippen LogP contribution is 2.33. The predicted octanol–water partition coefficient (Wildman–Crippen LogP) is 4.94. The van der Waals surface area contributed by atoms with Gasteiger partial charge < -0.3 is 11.1 Å². The number of fused-ring (bicyclic) bond motifs is 1. The fourth-order valence-electron chi connectivity index (χ4n) is 2.56. The second kappa shape index (κ2) is 5.37. The highest BCUT2D eigenvalue weighted by atomic mass is 79.9. The third-order valence-corrected chi connectivity index (χ3v) is 4.07. The molecule has 0 aliphatic heterocycles. The molecule has 0 spiro atoms. The van der Waals surface area contributed by atoms with E-state index in [4.69, 9.17) is 5.73 Å². The van der Waals surface area contributed by atoms with Crippen molar-refractivity contribution < 1.29 is 0 Å². The van der Waals surface area contributed by atoms with Crippen LogP contribution in [0.4, 0.5) is 17.1 Å². The normalized spacial score (nSPS) is 10.8. The van der Waals surface area contributed by atoms with Gasteiger partial charge in [-0.05, 0) is 55.3 Å². The summed E-state index contributed by atoms with van der Waals surface area (Å²) in [4.78, 5) is 4.15. The summed E-state index contributed by atoms with van der Waals surface area (Å²) in [5.74, 6) is 0. The van der Waals surface area contributed by atoms with Crippen LogP contribution in [0.25, 0.3) is 10.8 Å². The maximum atomic E-state index is 6.02. The molecule has 4 heteroatoms. The van der Waals surface area contributed by atoms with Gasteiger partial charge in [0.25, 0.3) is 0 Å². The fourth-order valence-corrected chi connectivity index (χ4v) is 3.25. The van der Waals surface area contributed by atoms with Crippen LogP contribution < -0.4 is 11.1 Å². The Morgan fingerprint density at radius 1 is 1.05 bits per heavy atom. The topological polar surface area (TPSA) is 50.9 Å². The SMILES string of the molecule is Cc1cc(Br)cc(C)c1Nc1ccc(N)c2cnccc12. The van der Waals surface area contributed by atoms with Crippen LogP contribution in [0, 0.1) is 13.8 Å². The zero-order chi connectivity index (χ0) is 15.0. The smallest absolute Gasteiger partial charge is 0.0466 e. The monoisotopic (exact) mass is 341 g/mol. The summed E-state index contributed by atoms with van der Waals surface area (Å²) in [5.41, 5.74) is 11.3. The van der Waals surface area contributed by atoms with E-state index in [0.717, 1.165) is 32.3 Å². The summed E-state index contributed by atoms with van der Waals surface area (Å²) < 4.78 is 1.09. The minimum Gasteiger partial charge on any atom is -0.398 e. The average Bonchev–Trinajstić information content (AvgIpc) is 2.45. The molecule has 0 radical (unpaired) electrons. The first-order valence-corrected chi connectivity index (χ1v) is 7.51. The van der Waals surface area contributed by atoms with Crippen LogP contribution in [-0.2, 0) is 0 Å². The zero-order valence-electron chi connectivity index (χ0n) is 11.9. The molecule has 0 saturated heterocycles. The van der Waals surface area contributed by atoms with Crippen molar-refractivity contribution in [2.24, 2.45) is 0 Å². The van der Waals surface area contributed by atoms with Crippen LogP contribution in [0.5, 0.6) is 0 Å². The Bertz CT molecular complexity index is 804. The number of hydrogen-bond acceptors (Lipinski definition) is 3. The lowest BCUT2D eigenvalue weighted by molar-refractivity contribution is 1.34. The average molecular weight is 342 g/mol. The van der Waals surface area contributed by atoms with Crippen LogP contribution in [0.15, 0.2) is 47.2 Å². The molecule has 0 aliphatic carbocycles. The maximum Gasteiger partial charge on any atom is 0.0466 e. The Labute approximate surface area is 132 Å². The molecule has 0 bridgehead atoms. The molecule has 0 amide bonds. The lowest BCUT2D eigenvalue weighted by atomic mass is 10.1. The van der Waals surface area contributed by atoms with Crippen LogP contribution >= 0.6 is 15.9 Å². The fraction of sp³-hybridized carbons (Fsp3) is 0.118. The van der Waals surface area contributed by atoms with Gasteiger partial charge in [-0.15, -0.1) is 0 Å². The molecule has 2 aromatic carbocycles. The molecule has 106 valence electrons. The number of nitrogens with zero attached hydrogens (tertiary/aromatic N) is 1. The van der Waals surface area contributed by atoms with Crippen molar-refractivity contribution in [2.45, 2.75) is 13.8 Å². The highest BCUT2D eigenvalue weighted by molar-refractivity contribution is 9.10. The number of rotatable bonds is 2. The first-order valence-electron chi connectivity index (χ1n) is 6.72. The summed E-state index contributed by atoms with van der Waals surface area (Å²) in [5, 5.41) is 5.58. The Hall–Kier alpha value is -2.07. The maximum absolute atomic E-state index is 6.02. The lowest BCUT2D eigenvalue weighted by Crippen LogP contribution is -1.98. The molecule has 3 aromatic rings. The van der Waals surface area contributed by atoms with E-state index in [-0.39, 0.29) is 0 Å². The van der Waals surface area contributed by atoms with Gasteiger partial charge >= 0.3 is 0 Å². The number of aryl methyl sites for hydroxylation is 2. The molecule has 1 heterocycles. The largest absolute Gasteiger partial charge is 0.398 e. The minimum atomic E-state index is 0.743. The van der Waals surface area contributed by atoms with Gasteiger partial charge in [-0.1, -0.05) is 15.9 Å². The van der Waals surface area contributed by atoms with E-state index in [9.17, 15) is 0 Å². The number of aromatic nitrogens is 1. The Kier molecular flexibility index (Phi) is 3.55. The minimum absolute atomic E-state index is 0.743. The van der Waals surface area contributed by atoms with E-state index >= 15 is 0 Å². The van der Waals surface area contributed by atoms with Gasteiger partial charge in [-0.2, -0.15) is 0 Å². The Morgan fingerprint density at radius 2 is 1.76 bits per heavy atom. The van der Waals surface area contributed by atoms with Crippen molar-refractivity contribution in [1.82, 2.24) is 4.98 Å². The third kappa shape index (κ3) is 2.59. The lowest BCUT2D eigenvalue weighted by Gasteiger charge is -2.16. The zero-order valence-corrected chi connectivity index (χ0v) is 13.5. The molecule has 3 rings (SSSR count). The van der Waals surface area contributed by atoms with E-state index in [1.54, 1.807) is 12.4 Å². The molecule has 1 aromatic heterocycles. The second-order valence-corrected chi connectivity index (χ2v) is 6.08. The van der Waals surface area contributed by atoms with Gasteiger partial charge in [0.05, 0.1) is 0 Å². The van der Waals surface area contributed by atoms with E-state index in [0.29, 0.717) is 0 Å². The second-order valence-electron chi connectivity index (χ2n) is 5.16. The van der Waals surface area contributed by atoms with E-state index < -0.39 is 0 Å². The van der Waals surface area contributed by atoms with Gasteiger partial charge in [0.15, 0.2) is 0 Å². The molecular formula is C17H16BrN3. The van der Waals surface area contributed by atoms with Crippen molar-refractivity contribution in [3.05, 3.63) is 58.3 Å². The van der Waals surface area contributed by atoms with Gasteiger partial charge in [0, 0.05) is 44.7 Å². The molecule has 0 fully saturated rings. The molecule has 0 atom stereocenters. The third-order valence-electron chi connectivity index (χ3n) is 3.61. The quantitative estimate of drug-likeness (QED) is 0.649. The van der Waals surface area contributed by atoms with Crippen LogP contribution in [0.1, 0.15) is 11.1 Å². The van der Waals surface area contributed by atoms with Crippen molar-refractivity contribution in [1.29, 1.82) is 0 Å². The molecule has 3 nitrogen and oxygen atoms in total. The number of benzene rings is 2. The number of pyridine rings is 1.